The van der Waals surface area contributed by atoms with Crippen LogP contribution < -0.4 is 10.2 Å². The number of hydrogen-bond acceptors (Lipinski definition) is 5. The minimum absolute atomic E-state index is 0.0942. The first-order valence-electron chi connectivity index (χ1n) is 6.80. The van der Waals surface area contributed by atoms with E-state index in [1.807, 2.05) is 19.1 Å². The molecular formula is C14H18F2N4O. The molecule has 0 bridgehead atoms. The lowest BCUT2D eigenvalue weighted by atomic mass is 10.2. The van der Waals surface area contributed by atoms with Gasteiger partial charge in [-0.3, -0.25) is 0 Å². The van der Waals surface area contributed by atoms with Crippen LogP contribution in [-0.4, -0.2) is 47.7 Å². The van der Waals surface area contributed by atoms with Gasteiger partial charge in [-0.05, 0) is 19.1 Å². The second-order valence-electron chi connectivity index (χ2n) is 4.48. The number of fused-ring (bicyclic) bond motifs is 1. The molecule has 0 radical (unpaired) electrons. The summed E-state index contributed by atoms with van der Waals surface area (Å²) in [5.74, 6) is 0.800. The molecule has 0 unspecified atom stereocenters. The van der Waals surface area contributed by atoms with Crippen molar-refractivity contribution >= 4 is 22.7 Å². The van der Waals surface area contributed by atoms with E-state index < -0.39 is 13.0 Å². The van der Waals surface area contributed by atoms with Crippen molar-refractivity contribution in [1.29, 1.82) is 0 Å². The zero-order chi connectivity index (χ0) is 15.2. The summed E-state index contributed by atoms with van der Waals surface area (Å²) in [6.07, 6.45) is -2.51. The summed E-state index contributed by atoms with van der Waals surface area (Å²) in [6.45, 7) is 1.93. The molecule has 1 aromatic carbocycles. The summed E-state index contributed by atoms with van der Waals surface area (Å²) < 4.78 is 25.5. The van der Waals surface area contributed by atoms with Gasteiger partial charge in [0.25, 0.3) is 6.43 Å². The minimum atomic E-state index is -2.51. The molecule has 0 aliphatic rings. The fourth-order valence-electron chi connectivity index (χ4n) is 2.11. The summed E-state index contributed by atoms with van der Waals surface area (Å²) in [4.78, 5) is 10.1. The Hall–Kier alpha value is -2.02. The van der Waals surface area contributed by atoms with E-state index in [0.29, 0.717) is 29.2 Å². The number of rotatable bonds is 7. The molecule has 2 aromatic rings. The molecule has 0 atom stereocenters. The number of halogens is 2. The zero-order valence-corrected chi connectivity index (χ0v) is 11.8. The second-order valence-corrected chi connectivity index (χ2v) is 4.48. The SMILES string of the molecule is CCNc1nc(N(CCO)CC(F)F)c2ccccc2n1. The summed E-state index contributed by atoms with van der Waals surface area (Å²) in [5.41, 5.74) is 0.677. The van der Waals surface area contributed by atoms with Crippen molar-refractivity contribution in [2.75, 3.05) is 36.5 Å². The fourth-order valence-corrected chi connectivity index (χ4v) is 2.11. The molecular weight excluding hydrogens is 278 g/mol. The van der Waals surface area contributed by atoms with Gasteiger partial charge < -0.3 is 15.3 Å². The van der Waals surface area contributed by atoms with Crippen LogP contribution in [0.3, 0.4) is 0 Å². The second kappa shape index (κ2) is 7.12. The van der Waals surface area contributed by atoms with Gasteiger partial charge in [0.2, 0.25) is 5.95 Å². The number of nitrogens with zero attached hydrogens (tertiary/aromatic N) is 3. The van der Waals surface area contributed by atoms with Crippen molar-refractivity contribution in [3.63, 3.8) is 0 Å². The van der Waals surface area contributed by atoms with Crippen LogP contribution in [0.15, 0.2) is 24.3 Å². The lowest BCUT2D eigenvalue weighted by molar-refractivity contribution is 0.152. The van der Waals surface area contributed by atoms with Gasteiger partial charge in [0.15, 0.2) is 0 Å². The van der Waals surface area contributed by atoms with E-state index >= 15 is 0 Å². The average molecular weight is 296 g/mol. The topological polar surface area (TPSA) is 61.3 Å². The minimum Gasteiger partial charge on any atom is -0.395 e. The molecule has 5 nitrogen and oxygen atoms in total. The Bertz CT molecular complexity index is 594. The Morgan fingerprint density at radius 3 is 2.71 bits per heavy atom. The first-order chi connectivity index (χ1) is 10.2. The monoisotopic (exact) mass is 296 g/mol. The molecule has 0 fully saturated rings. The number of aliphatic hydroxyl groups is 1. The molecule has 1 aromatic heterocycles. The summed E-state index contributed by atoms with van der Waals surface area (Å²) >= 11 is 0. The van der Waals surface area contributed by atoms with Crippen molar-refractivity contribution in [2.24, 2.45) is 0 Å². The van der Waals surface area contributed by atoms with Crippen LogP contribution in [0, 0.1) is 0 Å². The number of hydrogen-bond donors (Lipinski definition) is 2. The van der Waals surface area contributed by atoms with E-state index in [0.717, 1.165) is 0 Å². The first-order valence-corrected chi connectivity index (χ1v) is 6.80. The van der Waals surface area contributed by atoms with E-state index in [1.54, 1.807) is 12.1 Å². The Kier molecular flexibility index (Phi) is 5.21. The van der Waals surface area contributed by atoms with Gasteiger partial charge in [0.05, 0.1) is 18.7 Å². The summed E-state index contributed by atoms with van der Waals surface area (Å²) in [6, 6.07) is 7.23. The van der Waals surface area contributed by atoms with Gasteiger partial charge in [0.1, 0.15) is 5.82 Å². The van der Waals surface area contributed by atoms with Crippen molar-refractivity contribution in [1.82, 2.24) is 9.97 Å². The van der Waals surface area contributed by atoms with Crippen LogP contribution in [0.1, 0.15) is 6.92 Å². The van der Waals surface area contributed by atoms with Crippen LogP contribution in [0.25, 0.3) is 10.9 Å². The quantitative estimate of drug-likeness (QED) is 0.819. The molecule has 0 aliphatic carbocycles. The maximum absolute atomic E-state index is 12.8. The Labute approximate surface area is 121 Å². The molecule has 2 rings (SSSR count). The molecule has 21 heavy (non-hydrogen) atoms. The van der Waals surface area contributed by atoms with E-state index in [1.165, 1.54) is 4.90 Å². The largest absolute Gasteiger partial charge is 0.395 e. The fraction of sp³-hybridized carbons (Fsp3) is 0.429. The van der Waals surface area contributed by atoms with Gasteiger partial charge in [-0.15, -0.1) is 0 Å². The molecule has 2 N–H and O–H groups in total. The predicted molar refractivity (Wildman–Crippen MR) is 79.0 cm³/mol. The Morgan fingerprint density at radius 2 is 2.05 bits per heavy atom. The smallest absolute Gasteiger partial charge is 0.255 e. The van der Waals surface area contributed by atoms with E-state index in [2.05, 4.69) is 15.3 Å². The van der Waals surface area contributed by atoms with Crippen LogP contribution >= 0.6 is 0 Å². The molecule has 0 saturated heterocycles. The third kappa shape index (κ3) is 3.75. The summed E-state index contributed by atoms with van der Waals surface area (Å²) in [5, 5.41) is 12.8. The van der Waals surface area contributed by atoms with E-state index in [-0.39, 0.29) is 13.2 Å². The van der Waals surface area contributed by atoms with Crippen LogP contribution in [0.2, 0.25) is 0 Å². The number of benzene rings is 1. The van der Waals surface area contributed by atoms with E-state index in [9.17, 15) is 8.78 Å². The van der Waals surface area contributed by atoms with Gasteiger partial charge in [-0.25, -0.2) is 13.8 Å². The molecule has 0 aliphatic heterocycles. The third-order valence-corrected chi connectivity index (χ3v) is 2.95. The normalized spacial score (nSPS) is 11.1. The van der Waals surface area contributed by atoms with Gasteiger partial charge in [-0.2, -0.15) is 4.98 Å². The first kappa shape index (κ1) is 15.4. The van der Waals surface area contributed by atoms with Crippen molar-refractivity contribution in [2.45, 2.75) is 13.3 Å². The molecule has 114 valence electrons. The highest BCUT2D eigenvalue weighted by atomic mass is 19.3. The highest BCUT2D eigenvalue weighted by molar-refractivity contribution is 5.90. The maximum Gasteiger partial charge on any atom is 0.255 e. The van der Waals surface area contributed by atoms with Gasteiger partial charge in [-0.1, -0.05) is 12.1 Å². The van der Waals surface area contributed by atoms with Crippen molar-refractivity contribution in [3.05, 3.63) is 24.3 Å². The molecule has 0 saturated carbocycles. The highest BCUT2D eigenvalue weighted by Crippen LogP contribution is 2.25. The lowest BCUT2D eigenvalue weighted by Gasteiger charge is -2.24. The predicted octanol–water partition coefficient (Wildman–Crippen LogP) is 2.13. The number of alkyl halides is 2. The maximum atomic E-state index is 12.8. The third-order valence-electron chi connectivity index (χ3n) is 2.95. The standard InChI is InChI=1S/C14H18F2N4O/c1-2-17-14-18-11-6-4-3-5-10(11)13(19-14)20(7-8-21)9-12(15)16/h3-6,12,21H,2,7-9H2,1H3,(H,17,18,19). The number of para-hydroxylation sites is 1. The Balaban J connectivity index is 2.51. The van der Waals surface area contributed by atoms with Crippen LogP contribution in [-0.2, 0) is 0 Å². The molecule has 0 spiro atoms. The lowest BCUT2D eigenvalue weighted by Crippen LogP contribution is -2.32. The number of nitrogens with one attached hydrogen (secondary N) is 1. The molecule has 7 heteroatoms. The van der Waals surface area contributed by atoms with Crippen LogP contribution in [0.5, 0.6) is 0 Å². The van der Waals surface area contributed by atoms with Crippen LogP contribution in [0.4, 0.5) is 20.5 Å². The Morgan fingerprint density at radius 1 is 1.29 bits per heavy atom. The molecule has 1 heterocycles. The van der Waals surface area contributed by atoms with Crippen molar-refractivity contribution in [3.8, 4) is 0 Å². The summed E-state index contributed by atoms with van der Waals surface area (Å²) in [7, 11) is 0. The average Bonchev–Trinajstić information content (AvgIpc) is 2.46. The van der Waals surface area contributed by atoms with Crippen molar-refractivity contribution < 1.29 is 13.9 Å². The number of anilines is 2. The van der Waals surface area contributed by atoms with Gasteiger partial charge in [0, 0.05) is 18.5 Å². The van der Waals surface area contributed by atoms with E-state index in [4.69, 9.17) is 5.11 Å². The zero-order valence-electron chi connectivity index (χ0n) is 11.8. The van der Waals surface area contributed by atoms with Gasteiger partial charge >= 0.3 is 0 Å². The number of aliphatic hydroxyl groups excluding tert-OH is 1. The number of aromatic nitrogens is 2. The highest BCUT2D eigenvalue weighted by Gasteiger charge is 2.17. The molecule has 0 amide bonds.